The summed E-state index contributed by atoms with van der Waals surface area (Å²) < 4.78 is 33.0. The highest BCUT2D eigenvalue weighted by atomic mass is 35.5. The van der Waals surface area contributed by atoms with E-state index in [1.54, 1.807) is 36.4 Å². The molecule has 33 heavy (non-hydrogen) atoms. The van der Waals surface area contributed by atoms with Crippen molar-refractivity contribution in [1.82, 2.24) is 5.32 Å². The van der Waals surface area contributed by atoms with Crippen LogP contribution in [0.2, 0.25) is 5.02 Å². The van der Waals surface area contributed by atoms with Crippen molar-refractivity contribution in [3.8, 4) is 5.75 Å². The van der Waals surface area contributed by atoms with Crippen molar-refractivity contribution in [2.24, 2.45) is 5.16 Å². The molecule has 0 saturated carbocycles. The number of benzene rings is 3. The van der Waals surface area contributed by atoms with Gasteiger partial charge < -0.3 is 14.9 Å². The van der Waals surface area contributed by atoms with Gasteiger partial charge in [-0.1, -0.05) is 35.0 Å². The normalized spacial score (nSPS) is 11.0. The van der Waals surface area contributed by atoms with E-state index in [4.69, 9.17) is 21.2 Å². The molecule has 0 unspecified atom stereocenters. The molecule has 0 bridgehead atoms. The van der Waals surface area contributed by atoms with E-state index in [2.05, 4.69) is 10.5 Å². The Bertz CT molecular complexity index is 1150. The highest BCUT2D eigenvalue weighted by molar-refractivity contribution is 6.30. The number of halogens is 3. The lowest BCUT2D eigenvalue weighted by Gasteiger charge is -2.11. The summed E-state index contributed by atoms with van der Waals surface area (Å²) in [6.45, 7) is 0.103. The minimum Gasteiger partial charge on any atom is -0.487 e. The summed E-state index contributed by atoms with van der Waals surface area (Å²) >= 11 is 5.90. The van der Waals surface area contributed by atoms with Gasteiger partial charge in [0.25, 0.3) is 5.91 Å². The average Bonchev–Trinajstić information content (AvgIpc) is 2.78. The molecule has 170 valence electrons. The van der Waals surface area contributed by atoms with Crippen LogP contribution in [0.25, 0.3) is 0 Å². The van der Waals surface area contributed by atoms with Gasteiger partial charge in [0.05, 0.1) is 0 Å². The van der Waals surface area contributed by atoms with E-state index in [1.165, 1.54) is 19.2 Å². The summed E-state index contributed by atoms with van der Waals surface area (Å²) in [5, 5.41) is 8.82. The van der Waals surface area contributed by atoms with E-state index >= 15 is 0 Å². The van der Waals surface area contributed by atoms with Crippen molar-refractivity contribution in [3.05, 3.63) is 94.5 Å². The van der Waals surface area contributed by atoms with Crippen LogP contribution in [0.3, 0.4) is 0 Å². The second-order valence-electron chi connectivity index (χ2n) is 6.55. The molecule has 0 spiro atoms. The molecule has 3 rings (SSSR count). The second kappa shape index (κ2) is 11.1. The SMILES string of the molecule is CON=C(COc1ccc(NC(=O)NC(=O)c2c(F)cccc2F)cc1)c1ccc(Cl)cc1. The number of carbonyl (C=O) groups is 2. The van der Waals surface area contributed by atoms with E-state index in [0.29, 0.717) is 22.2 Å². The van der Waals surface area contributed by atoms with E-state index in [9.17, 15) is 18.4 Å². The van der Waals surface area contributed by atoms with Crippen molar-refractivity contribution >= 4 is 34.9 Å². The highest BCUT2D eigenvalue weighted by Crippen LogP contribution is 2.17. The van der Waals surface area contributed by atoms with Crippen LogP contribution in [0.15, 0.2) is 71.9 Å². The first-order valence-electron chi connectivity index (χ1n) is 9.52. The minimum atomic E-state index is -1.20. The number of hydrogen-bond acceptors (Lipinski definition) is 5. The lowest BCUT2D eigenvalue weighted by molar-refractivity contribution is 0.0959. The lowest BCUT2D eigenvalue weighted by Crippen LogP contribution is -2.35. The number of carbonyl (C=O) groups excluding carboxylic acids is 2. The fraction of sp³-hybridized carbons (Fsp3) is 0.0870. The number of nitrogens with one attached hydrogen (secondary N) is 2. The quantitative estimate of drug-likeness (QED) is 0.373. The van der Waals surface area contributed by atoms with E-state index in [-0.39, 0.29) is 6.61 Å². The number of ether oxygens (including phenoxy) is 1. The molecule has 0 aliphatic rings. The van der Waals surface area contributed by atoms with Gasteiger partial charge in [-0.25, -0.2) is 13.6 Å². The molecule has 0 heterocycles. The van der Waals surface area contributed by atoms with Crippen LogP contribution in [-0.2, 0) is 4.84 Å². The maximum absolute atomic E-state index is 13.7. The molecule has 0 aliphatic carbocycles. The lowest BCUT2D eigenvalue weighted by atomic mass is 10.1. The summed E-state index contributed by atoms with van der Waals surface area (Å²) in [7, 11) is 1.42. The third-order valence-corrected chi connectivity index (χ3v) is 4.54. The number of anilines is 1. The molecule has 10 heteroatoms. The monoisotopic (exact) mass is 473 g/mol. The molecule has 0 saturated heterocycles. The Labute approximate surface area is 193 Å². The number of nitrogens with zero attached hydrogens (tertiary/aromatic N) is 1. The van der Waals surface area contributed by atoms with Crippen molar-refractivity contribution in [3.63, 3.8) is 0 Å². The average molecular weight is 474 g/mol. The molecule has 2 N–H and O–H groups in total. The summed E-state index contributed by atoms with van der Waals surface area (Å²) in [5.41, 5.74) is 0.789. The van der Waals surface area contributed by atoms with Gasteiger partial charge in [-0.3, -0.25) is 10.1 Å². The summed E-state index contributed by atoms with van der Waals surface area (Å²) in [6.07, 6.45) is 0. The van der Waals surface area contributed by atoms with Gasteiger partial charge in [-0.05, 0) is 48.5 Å². The van der Waals surface area contributed by atoms with Crippen LogP contribution in [0.4, 0.5) is 19.3 Å². The van der Waals surface area contributed by atoms with Crippen LogP contribution in [-0.4, -0.2) is 31.4 Å². The molecule has 7 nitrogen and oxygen atoms in total. The first-order chi connectivity index (χ1) is 15.9. The second-order valence-corrected chi connectivity index (χ2v) is 6.98. The number of oxime groups is 1. The molecule has 0 radical (unpaired) electrons. The smallest absolute Gasteiger partial charge is 0.326 e. The Morgan fingerprint density at radius 2 is 1.61 bits per heavy atom. The first-order valence-corrected chi connectivity index (χ1v) is 9.90. The van der Waals surface area contributed by atoms with Gasteiger partial charge in [0.15, 0.2) is 0 Å². The number of rotatable bonds is 7. The molecule has 3 aromatic rings. The van der Waals surface area contributed by atoms with E-state index in [1.807, 2.05) is 5.32 Å². The molecule has 0 aromatic heterocycles. The predicted molar refractivity (Wildman–Crippen MR) is 120 cm³/mol. The van der Waals surface area contributed by atoms with Gasteiger partial charge in [0.2, 0.25) is 0 Å². The van der Waals surface area contributed by atoms with Gasteiger partial charge in [-0.15, -0.1) is 0 Å². The summed E-state index contributed by atoms with van der Waals surface area (Å²) in [5.74, 6) is -2.87. The van der Waals surface area contributed by atoms with Crippen LogP contribution in [0.5, 0.6) is 5.75 Å². The molecule has 3 aromatic carbocycles. The van der Waals surface area contributed by atoms with Crippen molar-refractivity contribution in [2.75, 3.05) is 19.0 Å². The Morgan fingerprint density at radius 3 is 2.21 bits per heavy atom. The van der Waals surface area contributed by atoms with Crippen LogP contribution in [0, 0.1) is 11.6 Å². The number of amides is 3. The van der Waals surface area contributed by atoms with Crippen molar-refractivity contribution in [1.29, 1.82) is 0 Å². The zero-order valence-corrected chi connectivity index (χ0v) is 18.0. The summed E-state index contributed by atoms with van der Waals surface area (Å²) in [6, 6.07) is 15.2. The van der Waals surface area contributed by atoms with Crippen molar-refractivity contribution in [2.45, 2.75) is 0 Å². The predicted octanol–water partition coefficient (Wildman–Crippen LogP) is 5.01. The maximum Gasteiger partial charge on any atom is 0.326 e. The topological polar surface area (TPSA) is 89.0 Å². The van der Waals surface area contributed by atoms with Crippen molar-refractivity contribution < 1.29 is 27.9 Å². The molecule has 0 aliphatic heterocycles. The van der Waals surface area contributed by atoms with Crippen LogP contribution in [0.1, 0.15) is 15.9 Å². The Balaban J connectivity index is 1.57. The van der Waals surface area contributed by atoms with Gasteiger partial charge in [0.1, 0.15) is 42.4 Å². The fourth-order valence-corrected chi connectivity index (χ4v) is 2.87. The number of urea groups is 1. The third-order valence-electron chi connectivity index (χ3n) is 4.28. The van der Waals surface area contributed by atoms with Crippen LogP contribution < -0.4 is 15.4 Å². The highest BCUT2D eigenvalue weighted by Gasteiger charge is 2.19. The van der Waals surface area contributed by atoms with E-state index in [0.717, 1.165) is 23.8 Å². The minimum absolute atomic E-state index is 0.103. The number of hydrogen-bond donors (Lipinski definition) is 2. The Kier molecular flexibility index (Phi) is 7.93. The largest absolute Gasteiger partial charge is 0.487 e. The Hall–Kier alpha value is -3.98. The first kappa shape index (κ1) is 23.7. The van der Waals surface area contributed by atoms with Gasteiger partial charge >= 0.3 is 6.03 Å². The molecule has 3 amide bonds. The summed E-state index contributed by atoms with van der Waals surface area (Å²) in [4.78, 5) is 28.9. The Morgan fingerprint density at radius 1 is 0.970 bits per heavy atom. The van der Waals surface area contributed by atoms with Gasteiger partial charge in [0, 0.05) is 16.3 Å². The van der Waals surface area contributed by atoms with Gasteiger partial charge in [-0.2, -0.15) is 0 Å². The number of imide groups is 1. The zero-order valence-electron chi connectivity index (χ0n) is 17.3. The standard InChI is InChI=1S/C23H18ClF2N3O4/c1-32-29-20(14-5-7-15(24)8-6-14)13-33-17-11-9-16(10-12-17)27-23(31)28-22(30)21-18(25)3-2-4-19(21)26/h2-12H,13H2,1H3,(H2,27,28,30,31). The fourth-order valence-electron chi connectivity index (χ4n) is 2.74. The third kappa shape index (κ3) is 6.50. The molecular weight excluding hydrogens is 456 g/mol. The zero-order chi connectivity index (χ0) is 23.8. The maximum atomic E-state index is 13.7. The molecule has 0 fully saturated rings. The van der Waals surface area contributed by atoms with Crippen LogP contribution >= 0.6 is 11.6 Å². The van der Waals surface area contributed by atoms with E-state index < -0.39 is 29.1 Å². The molecular formula is C23H18ClF2N3O4. The molecule has 0 atom stereocenters.